The molecule has 2 aliphatic rings. The fourth-order valence-electron chi connectivity index (χ4n) is 3.66. The Bertz CT molecular complexity index is 757. The van der Waals surface area contributed by atoms with Crippen LogP contribution in [0.3, 0.4) is 0 Å². The molecule has 0 fully saturated rings. The number of nitrogens with one attached hydrogen (secondary N) is 2. The highest BCUT2D eigenvalue weighted by Crippen LogP contribution is 2.28. The van der Waals surface area contributed by atoms with Crippen LogP contribution in [0.25, 0.3) is 0 Å². The van der Waals surface area contributed by atoms with E-state index in [1.54, 1.807) is 0 Å². The molecular formula is C20H22N2O2. The van der Waals surface area contributed by atoms with Crippen LogP contribution in [-0.2, 0) is 19.3 Å². The van der Waals surface area contributed by atoms with E-state index in [4.69, 9.17) is 4.74 Å². The van der Waals surface area contributed by atoms with Crippen LogP contribution in [0.15, 0.2) is 42.5 Å². The lowest BCUT2D eigenvalue weighted by atomic mass is 9.90. The van der Waals surface area contributed by atoms with Crippen molar-refractivity contribution in [3.63, 3.8) is 0 Å². The number of ether oxygens (including phenoxy) is 1. The van der Waals surface area contributed by atoms with Gasteiger partial charge in [0.25, 0.3) is 0 Å². The molecule has 124 valence electrons. The summed E-state index contributed by atoms with van der Waals surface area (Å²) in [5, 5.41) is 6.08. The molecule has 2 N–H and O–H groups in total. The van der Waals surface area contributed by atoms with Crippen LogP contribution in [0.4, 0.5) is 10.5 Å². The van der Waals surface area contributed by atoms with Crippen molar-refractivity contribution in [3.05, 3.63) is 59.2 Å². The number of hydrogen-bond acceptors (Lipinski definition) is 2. The predicted molar refractivity (Wildman–Crippen MR) is 94.7 cm³/mol. The van der Waals surface area contributed by atoms with Gasteiger partial charge in [-0.05, 0) is 60.9 Å². The average Bonchev–Trinajstić information content (AvgIpc) is 2.62. The summed E-state index contributed by atoms with van der Waals surface area (Å²) in [4.78, 5) is 12.4. The zero-order valence-corrected chi connectivity index (χ0v) is 13.7. The fourth-order valence-corrected chi connectivity index (χ4v) is 3.66. The number of amides is 2. The van der Waals surface area contributed by atoms with E-state index in [1.165, 1.54) is 24.0 Å². The second-order valence-corrected chi connectivity index (χ2v) is 6.57. The largest absolute Gasteiger partial charge is 0.491 e. The minimum absolute atomic E-state index is 0.000520. The second-order valence-electron chi connectivity index (χ2n) is 6.57. The molecule has 4 rings (SSSR count). The molecule has 0 spiro atoms. The summed E-state index contributed by atoms with van der Waals surface area (Å²) in [7, 11) is 0. The molecule has 0 saturated heterocycles. The lowest BCUT2D eigenvalue weighted by Crippen LogP contribution is -2.44. The molecule has 2 amide bonds. The predicted octanol–water partition coefficient (Wildman–Crippen LogP) is 3.69. The Labute approximate surface area is 142 Å². The summed E-state index contributed by atoms with van der Waals surface area (Å²) >= 11 is 0. The van der Waals surface area contributed by atoms with Crippen molar-refractivity contribution < 1.29 is 9.53 Å². The standard InChI is InChI=1S/C20H22N2O2/c23-20(21-16-12-15-7-2-4-11-19(15)24-13-16)22-18-10-5-8-14-6-1-3-9-17(14)18/h2,4-5,7-8,10-11,16H,1,3,6,9,12-13H2,(H2,21,22,23). The van der Waals surface area contributed by atoms with Gasteiger partial charge in [-0.2, -0.15) is 0 Å². The maximum absolute atomic E-state index is 12.4. The zero-order valence-electron chi connectivity index (χ0n) is 13.7. The SMILES string of the molecule is O=C(Nc1cccc2c1CCCC2)NC1COc2ccccc2C1. The van der Waals surface area contributed by atoms with Gasteiger partial charge in [0, 0.05) is 5.69 Å². The zero-order chi connectivity index (χ0) is 16.4. The maximum Gasteiger partial charge on any atom is 0.319 e. The van der Waals surface area contributed by atoms with Crippen molar-refractivity contribution in [2.24, 2.45) is 0 Å². The molecule has 0 bridgehead atoms. The van der Waals surface area contributed by atoms with Gasteiger partial charge in [-0.1, -0.05) is 30.3 Å². The normalized spacial score (nSPS) is 18.8. The summed E-state index contributed by atoms with van der Waals surface area (Å²) < 4.78 is 5.74. The van der Waals surface area contributed by atoms with Crippen molar-refractivity contribution in [2.45, 2.75) is 38.1 Å². The third-order valence-electron chi connectivity index (χ3n) is 4.86. The number of carbonyl (C=O) groups excluding carboxylic acids is 1. The molecule has 1 heterocycles. The lowest BCUT2D eigenvalue weighted by molar-refractivity contribution is 0.222. The van der Waals surface area contributed by atoms with E-state index in [1.807, 2.05) is 30.3 Å². The first-order valence-corrected chi connectivity index (χ1v) is 8.68. The lowest BCUT2D eigenvalue weighted by Gasteiger charge is -2.26. The smallest absolute Gasteiger partial charge is 0.319 e. The Morgan fingerprint density at radius 1 is 1.00 bits per heavy atom. The Kier molecular flexibility index (Phi) is 4.11. The van der Waals surface area contributed by atoms with Crippen molar-refractivity contribution >= 4 is 11.7 Å². The van der Waals surface area contributed by atoms with Crippen molar-refractivity contribution in [2.75, 3.05) is 11.9 Å². The molecule has 2 aromatic carbocycles. The first-order valence-electron chi connectivity index (χ1n) is 8.68. The average molecular weight is 322 g/mol. The molecule has 2 aromatic rings. The molecule has 0 radical (unpaired) electrons. The summed E-state index contributed by atoms with van der Waals surface area (Å²) in [5.74, 6) is 0.924. The second kappa shape index (κ2) is 6.56. The Balaban J connectivity index is 1.41. The van der Waals surface area contributed by atoms with Gasteiger partial charge in [0.05, 0.1) is 6.04 Å². The molecule has 1 atom stereocenters. The van der Waals surface area contributed by atoms with E-state index < -0.39 is 0 Å². The number of benzene rings is 2. The topological polar surface area (TPSA) is 50.4 Å². The molecule has 0 saturated carbocycles. The molecular weight excluding hydrogens is 300 g/mol. The van der Waals surface area contributed by atoms with Crippen LogP contribution in [0.2, 0.25) is 0 Å². The number of aryl methyl sites for hydroxylation is 1. The van der Waals surface area contributed by atoms with Crippen molar-refractivity contribution in [1.82, 2.24) is 5.32 Å². The van der Waals surface area contributed by atoms with Gasteiger partial charge in [-0.3, -0.25) is 0 Å². The number of urea groups is 1. The molecule has 4 nitrogen and oxygen atoms in total. The van der Waals surface area contributed by atoms with Gasteiger partial charge in [-0.25, -0.2) is 4.79 Å². The first-order chi connectivity index (χ1) is 11.8. The van der Waals surface area contributed by atoms with Crippen LogP contribution in [0, 0.1) is 0 Å². The van der Waals surface area contributed by atoms with Gasteiger partial charge in [0.15, 0.2) is 0 Å². The van der Waals surface area contributed by atoms with E-state index in [2.05, 4.69) is 22.8 Å². The minimum atomic E-state index is -0.151. The van der Waals surface area contributed by atoms with Gasteiger partial charge >= 0.3 is 6.03 Å². The summed E-state index contributed by atoms with van der Waals surface area (Å²) in [6, 6.07) is 14.0. The number of carbonyl (C=O) groups is 1. The van der Waals surface area contributed by atoms with Gasteiger partial charge in [-0.15, -0.1) is 0 Å². The monoisotopic (exact) mass is 322 g/mol. The highest BCUT2D eigenvalue weighted by molar-refractivity contribution is 5.90. The number of para-hydroxylation sites is 1. The number of anilines is 1. The number of hydrogen-bond donors (Lipinski definition) is 2. The van der Waals surface area contributed by atoms with Gasteiger partial charge < -0.3 is 15.4 Å². The fraction of sp³-hybridized carbons (Fsp3) is 0.350. The highest BCUT2D eigenvalue weighted by Gasteiger charge is 2.21. The van der Waals surface area contributed by atoms with Gasteiger partial charge in [0.2, 0.25) is 0 Å². The van der Waals surface area contributed by atoms with Crippen LogP contribution >= 0.6 is 0 Å². The van der Waals surface area contributed by atoms with Crippen molar-refractivity contribution in [3.8, 4) is 5.75 Å². The van der Waals surface area contributed by atoms with E-state index in [0.717, 1.165) is 36.3 Å². The van der Waals surface area contributed by atoms with Crippen LogP contribution in [0.1, 0.15) is 29.5 Å². The number of fused-ring (bicyclic) bond motifs is 2. The summed E-state index contributed by atoms with van der Waals surface area (Å²) in [5.41, 5.74) is 4.76. The Morgan fingerprint density at radius 2 is 1.83 bits per heavy atom. The van der Waals surface area contributed by atoms with Crippen LogP contribution in [0.5, 0.6) is 5.75 Å². The van der Waals surface area contributed by atoms with E-state index in [0.29, 0.717) is 6.61 Å². The molecule has 0 aromatic heterocycles. The number of rotatable bonds is 2. The first kappa shape index (κ1) is 15.1. The third kappa shape index (κ3) is 3.09. The van der Waals surface area contributed by atoms with Gasteiger partial charge in [0.1, 0.15) is 12.4 Å². The van der Waals surface area contributed by atoms with E-state index in [-0.39, 0.29) is 12.1 Å². The Morgan fingerprint density at radius 3 is 2.79 bits per heavy atom. The third-order valence-corrected chi connectivity index (χ3v) is 4.86. The molecule has 1 aliphatic carbocycles. The molecule has 4 heteroatoms. The minimum Gasteiger partial charge on any atom is -0.491 e. The Hall–Kier alpha value is -2.49. The molecule has 24 heavy (non-hydrogen) atoms. The van der Waals surface area contributed by atoms with E-state index >= 15 is 0 Å². The van der Waals surface area contributed by atoms with E-state index in [9.17, 15) is 4.79 Å². The summed E-state index contributed by atoms with van der Waals surface area (Å²) in [6.45, 7) is 0.511. The van der Waals surface area contributed by atoms with Crippen molar-refractivity contribution in [1.29, 1.82) is 0 Å². The van der Waals surface area contributed by atoms with Crippen LogP contribution < -0.4 is 15.4 Å². The van der Waals surface area contributed by atoms with Crippen LogP contribution in [-0.4, -0.2) is 18.7 Å². The molecule has 1 aliphatic heterocycles. The maximum atomic E-state index is 12.4. The quantitative estimate of drug-likeness (QED) is 0.886. The summed E-state index contributed by atoms with van der Waals surface area (Å²) in [6.07, 6.45) is 5.39. The molecule has 1 unspecified atom stereocenters. The highest BCUT2D eigenvalue weighted by atomic mass is 16.5.